The summed E-state index contributed by atoms with van der Waals surface area (Å²) in [7, 11) is 2.07. The lowest BCUT2D eigenvalue weighted by Crippen LogP contribution is -2.29. The summed E-state index contributed by atoms with van der Waals surface area (Å²) in [5.74, 6) is 0.999. The number of hydrogen-bond acceptors (Lipinski definition) is 3. The summed E-state index contributed by atoms with van der Waals surface area (Å²) in [5.41, 5.74) is 7.14. The Balaban J connectivity index is 2.74. The average Bonchev–Trinajstić information content (AvgIpc) is 2.15. The number of pyridine rings is 1. The van der Waals surface area contributed by atoms with Crippen LogP contribution < -0.4 is 10.6 Å². The van der Waals surface area contributed by atoms with Gasteiger partial charge in [-0.2, -0.15) is 0 Å². The fourth-order valence-electron chi connectivity index (χ4n) is 1.69. The van der Waals surface area contributed by atoms with Crippen molar-refractivity contribution in [1.82, 2.24) is 4.98 Å². The Morgan fingerprint density at radius 1 is 1.38 bits per heavy atom. The van der Waals surface area contributed by atoms with E-state index in [-0.39, 0.29) is 11.5 Å². The molecule has 0 aliphatic carbocycles. The summed E-state index contributed by atoms with van der Waals surface area (Å²) >= 11 is 0. The molecule has 0 spiro atoms. The van der Waals surface area contributed by atoms with Crippen LogP contribution in [-0.2, 0) is 0 Å². The molecular weight excluding hydrogens is 198 g/mol. The Kier molecular flexibility index (Phi) is 3.92. The van der Waals surface area contributed by atoms with Gasteiger partial charge < -0.3 is 10.6 Å². The van der Waals surface area contributed by atoms with E-state index in [0.29, 0.717) is 0 Å². The maximum absolute atomic E-state index is 5.79. The molecule has 0 saturated heterocycles. The molecule has 2 N–H and O–H groups in total. The predicted octanol–water partition coefficient (Wildman–Crippen LogP) is 2.58. The molecule has 0 aliphatic rings. The van der Waals surface area contributed by atoms with Crippen LogP contribution in [0, 0.1) is 5.41 Å². The van der Waals surface area contributed by atoms with Gasteiger partial charge in [0.2, 0.25) is 0 Å². The molecular formula is C13H23N3. The molecule has 1 heterocycles. The van der Waals surface area contributed by atoms with Crippen LogP contribution in [0.1, 0.15) is 39.3 Å². The van der Waals surface area contributed by atoms with Crippen LogP contribution in [0.25, 0.3) is 0 Å². The topological polar surface area (TPSA) is 42.1 Å². The third-order valence-electron chi connectivity index (χ3n) is 2.40. The van der Waals surface area contributed by atoms with Crippen molar-refractivity contribution in [2.45, 2.75) is 33.7 Å². The lowest BCUT2D eigenvalue weighted by atomic mass is 9.96. The molecule has 0 amide bonds. The molecule has 0 saturated carbocycles. The number of nitrogens with zero attached hydrogens (tertiary/aromatic N) is 2. The molecule has 1 rings (SSSR count). The van der Waals surface area contributed by atoms with Crippen LogP contribution in [0.2, 0.25) is 0 Å². The lowest BCUT2D eigenvalue weighted by molar-refractivity contribution is 0.418. The van der Waals surface area contributed by atoms with E-state index in [1.165, 1.54) is 0 Å². The summed E-state index contributed by atoms with van der Waals surface area (Å²) in [6.07, 6.45) is 1.86. The molecule has 0 unspecified atom stereocenters. The monoisotopic (exact) mass is 221 g/mol. The van der Waals surface area contributed by atoms with E-state index in [2.05, 4.69) is 37.7 Å². The highest BCUT2D eigenvalue weighted by molar-refractivity contribution is 5.39. The van der Waals surface area contributed by atoms with Gasteiger partial charge >= 0.3 is 0 Å². The minimum atomic E-state index is 0.0504. The van der Waals surface area contributed by atoms with Crippen molar-refractivity contribution < 1.29 is 0 Å². The quantitative estimate of drug-likeness (QED) is 0.853. The summed E-state index contributed by atoms with van der Waals surface area (Å²) in [4.78, 5) is 6.60. The van der Waals surface area contributed by atoms with Crippen LogP contribution in [-0.4, -0.2) is 18.6 Å². The molecule has 90 valence electrons. The van der Waals surface area contributed by atoms with Crippen molar-refractivity contribution in [1.29, 1.82) is 0 Å². The van der Waals surface area contributed by atoms with Gasteiger partial charge in [-0.15, -0.1) is 0 Å². The molecule has 0 fully saturated rings. The Morgan fingerprint density at radius 2 is 2.00 bits per heavy atom. The van der Waals surface area contributed by atoms with Crippen molar-refractivity contribution >= 4 is 5.82 Å². The van der Waals surface area contributed by atoms with Gasteiger partial charge in [-0.1, -0.05) is 26.8 Å². The summed E-state index contributed by atoms with van der Waals surface area (Å²) < 4.78 is 0. The van der Waals surface area contributed by atoms with Gasteiger partial charge in [0.1, 0.15) is 5.82 Å². The van der Waals surface area contributed by atoms with Crippen LogP contribution in [0.15, 0.2) is 18.3 Å². The van der Waals surface area contributed by atoms with E-state index >= 15 is 0 Å². The third-order valence-corrected chi connectivity index (χ3v) is 2.40. The van der Waals surface area contributed by atoms with E-state index in [1.807, 2.05) is 25.3 Å². The molecule has 1 atom stereocenters. The van der Waals surface area contributed by atoms with Crippen molar-refractivity contribution in [3.05, 3.63) is 23.9 Å². The normalized spacial score (nSPS) is 13.6. The Hall–Kier alpha value is -1.09. The highest BCUT2D eigenvalue weighted by Gasteiger charge is 2.14. The first-order valence-corrected chi connectivity index (χ1v) is 5.72. The Labute approximate surface area is 98.7 Å². The Bertz CT molecular complexity index is 322. The number of aromatic nitrogens is 1. The van der Waals surface area contributed by atoms with E-state index < -0.39 is 0 Å². The first kappa shape index (κ1) is 13.0. The van der Waals surface area contributed by atoms with Gasteiger partial charge in [0.25, 0.3) is 0 Å². The van der Waals surface area contributed by atoms with Crippen molar-refractivity contribution in [3.63, 3.8) is 0 Å². The van der Waals surface area contributed by atoms with E-state index in [0.717, 1.165) is 17.9 Å². The molecule has 0 aliphatic heterocycles. The minimum Gasteiger partial charge on any atom is -0.359 e. The van der Waals surface area contributed by atoms with Crippen LogP contribution >= 0.6 is 0 Å². The average molecular weight is 221 g/mol. The summed E-state index contributed by atoms with van der Waals surface area (Å²) in [6, 6.07) is 4.13. The van der Waals surface area contributed by atoms with Gasteiger partial charge in [0, 0.05) is 25.8 Å². The molecule has 1 aromatic rings. The number of hydrogen-bond donors (Lipinski definition) is 1. The minimum absolute atomic E-state index is 0.0504. The number of anilines is 1. The van der Waals surface area contributed by atoms with Gasteiger partial charge in [-0.3, -0.25) is 0 Å². The fourth-order valence-corrected chi connectivity index (χ4v) is 1.69. The molecule has 3 heteroatoms. The summed E-state index contributed by atoms with van der Waals surface area (Å²) in [6.45, 7) is 9.62. The largest absolute Gasteiger partial charge is 0.359 e. The highest BCUT2D eigenvalue weighted by atomic mass is 15.2. The van der Waals surface area contributed by atoms with E-state index in [9.17, 15) is 0 Å². The number of nitrogens with two attached hydrogens (primary N) is 1. The molecule has 1 aromatic heterocycles. The second-order valence-corrected chi connectivity index (χ2v) is 5.66. The van der Waals surface area contributed by atoms with Crippen LogP contribution in [0.5, 0.6) is 0 Å². The van der Waals surface area contributed by atoms with Gasteiger partial charge in [0.15, 0.2) is 0 Å². The predicted molar refractivity (Wildman–Crippen MR) is 69.6 cm³/mol. The van der Waals surface area contributed by atoms with Crippen molar-refractivity contribution in [2.75, 3.05) is 18.5 Å². The van der Waals surface area contributed by atoms with Crippen LogP contribution in [0.3, 0.4) is 0 Å². The van der Waals surface area contributed by atoms with E-state index in [4.69, 9.17) is 5.73 Å². The molecule has 0 aromatic carbocycles. The van der Waals surface area contributed by atoms with Crippen molar-refractivity contribution in [3.8, 4) is 0 Å². The first-order valence-electron chi connectivity index (χ1n) is 5.72. The van der Waals surface area contributed by atoms with Crippen molar-refractivity contribution in [2.24, 2.45) is 11.1 Å². The lowest BCUT2D eigenvalue weighted by Gasteiger charge is -2.27. The first-order chi connectivity index (χ1) is 7.29. The Morgan fingerprint density at radius 3 is 2.38 bits per heavy atom. The highest BCUT2D eigenvalue weighted by Crippen LogP contribution is 2.19. The molecule has 0 radical (unpaired) electrons. The van der Waals surface area contributed by atoms with Gasteiger partial charge in [-0.25, -0.2) is 4.98 Å². The standard InChI is InChI=1S/C13H23N3/c1-10(14)11-6-7-12(15-8-11)16(5)9-13(2,3)4/h6-8,10H,9,14H2,1-5H3/t10-/m1/s1. The zero-order valence-corrected chi connectivity index (χ0v) is 11.0. The smallest absolute Gasteiger partial charge is 0.128 e. The third kappa shape index (κ3) is 3.81. The van der Waals surface area contributed by atoms with E-state index in [1.54, 1.807) is 0 Å². The maximum Gasteiger partial charge on any atom is 0.128 e. The van der Waals surface area contributed by atoms with Crippen LogP contribution in [0.4, 0.5) is 5.82 Å². The molecule has 0 bridgehead atoms. The van der Waals surface area contributed by atoms with Gasteiger partial charge in [0.05, 0.1) is 0 Å². The second-order valence-electron chi connectivity index (χ2n) is 5.66. The SMILES string of the molecule is C[C@@H](N)c1ccc(N(C)CC(C)(C)C)nc1. The fraction of sp³-hybridized carbons (Fsp3) is 0.615. The zero-order valence-electron chi connectivity index (χ0n) is 11.0. The molecule has 3 nitrogen and oxygen atoms in total. The summed E-state index contributed by atoms with van der Waals surface area (Å²) in [5, 5.41) is 0. The number of rotatable bonds is 3. The maximum atomic E-state index is 5.79. The zero-order chi connectivity index (χ0) is 12.3. The molecule has 16 heavy (non-hydrogen) atoms. The van der Waals surface area contributed by atoms with Gasteiger partial charge in [-0.05, 0) is 24.0 Å². The second kappa shape index (κ2) is 4.83.